The van der Waals surface area contributed by atoms with E-state index < -0.39 is 0 Å². The Balaban J connectivity index is 1.67. The smallest absolute Gasteiger partial charge is 0.255 e. The lowest BCUT2D eigenvalue weighted by Crippen LogP contribution is -2.35. The first-order chi connectivity index (χ1) is 11.7. The van der Waals surface area contributed by atoms with Gasteiger partial charge in [-0.15, -0.1) is 0 Å². The topological polar surface area (TPSA) is 49.4 Å². The Labute approximate surface area is 142 Å². The van der Waals surface area contributed by atoms with Gasteiger partial charge in [0, 0.05) is 29.9 Å². The van der Waals surface area contributed by atoms with Crippen LogP contribution in [0.1, 0.15) is 42.1 Å². The van der Waals surface area contributed by atoms with Crippen LogP contribution in [0.3, 0.4) is 0 Å². The summed E-state index contributed by atoms with van der Waals surface area (Å²) in [6.07, 6.45) is 3.58. The van der Waals surface area contributed by atoms with Gasteiger partial charge >= 0.3 is 0 Å². The van der Waals surface area contributed by atoms with Crippen molar-refractivity contribution in [3.63, 3.8) is 0 Å². The second-order valence-corrected chi connectivity index (χ2v) is 6.05. The number of anilines is 2. The Morgan fingerprint density at radius 1 is 1.04 bits per heavy atom. The summed E-state index contributed by atoms with van der Waals surface area (Å²) >= 11 is 0. The number of hydrogen-bond acceptors (Lipinski definition) is 2. The van der Waals surface area contributed by atoms with Crippen molar-refractivity contribution in [2.75, 3.05) is 16.8 Å². The maximum atomic E-state index is 12.3. The van der Waals surface area contributed by atoms with Gasteiger partial charge in [0.15, 0.2) is 0 Å². The molecule has 1 N–H and O–H groups in total. The molecule has 0 saturated carbocycles. The lowest BCUT2D eigenvalue weighted by molar-refractivity contribution is -0.119. The Bertz CT molecular complexity index is 720. The lowest BCUT2D eigenvalue weighted by Gasteiger charge is -2.26. The minimum atomic E-state index is -0.143. The first-order valence-corrected chi connectivity index (χ1v) is 8.48. The van der Waals surface area contributed by atoms with Crippen LogP contribution in [0.2, 0.25) is 0 Å². The summed E-state index contributed by atoms with van der Waals surface area (Å²) in [6, 6.07) is 15.1. The molecule has 1 aliphatic heterocycles. The summed E-state index contributed by atoms with van der Waals surface area (Å²) in [5.74, 6) is 0.0187. The summed E-state index contributed by atoms with van der Waals surface area (Å²) in [5.41, 5.74) is 3.47. The molecule has 0 atom stereocenters. The normalized spacial score (nSPS) is 14.5. The van der Waals surface area contributed by atoms with Gasteiger partial charge in [-0.2, -0.15) is 0 Å². The Morgan fingerprint density at radius 3 is 2.38 bits per heavy atom. The van der Waals surface area contributed by atoms with Crippen molar-refractivity contribution >= 4 is 23.2 Å². The summed E-state index contributed by atoms with van der Waals surface area (Å²) < 4.78 is 0. The number of nitrogens with one attached hydrogen (secondary N) is 1. The van der Waals surface area contributed by atoms with Gasteiger partial charge in [0.25, 0.3) is 5.91 Å². The van der Waals surface area contributed by atoms with E-state index in [2.05, 4.69) is 12.2 Å². The first kappa shape index (κ1) is 16.2. The molecule has 1 fully saturated rings. The molecule has 0 radical (unpaired) electrons. The zero-order valence-electron chi connectivity index (χ0n) is 13.9. The minimum Gasteiger partial charge on any atom is -0.322 e. The molecule has 2 amide bonds. The highest BCUT2D eigenvalue weighted by molar-refractivity contribution is 6.04. The van der Waals surface area contributed by atoms with E-state index in [1.807, 2.05) is 36.4 Å². The number of aryl methyl sites for hydroxylation is 1. The zero-order chi connectivity index (χ0) is 16.9. The third-order valence-electron chi connectivity index (χ3n) is 4.38. The molecule has 0 bridgehead atoms. The van der Waals surface area contributed by atoms with Crippen LogP contribution < -0.4 is 10.2 Å². The average molecular weight is 322 g/mol. The number of hydrogen-bond donors (Lipinski definition) is 1. The highest BCUT2D eigenvalue weighted by Crippen LogP contribution is 2.21. The maximum absolute atomic E-state index is 12.3. The van der Waals surface area contributed by atoms with Gasteiger partial charge in [-0.1, -0.05) is 19.1 Å². The van der Waals surface area contributed by atoms with Crippen molar-refractivity contribution in [2.24, 2.45) is 0 Å². The molecular formula is C20H22N2O2. The van der Waals surface area contributed by atoms with E-state index in [1.165, 1.54) is 5.56 Å². The van der Waals surface area contributed by atoms with Crippen LogP contribution in [-0.4, -0.2) is 18.4 Å². The average Bonchev–Trinajstić information content (AvgIpc) is 2.63. The van der Waals surface area contributed by atoms with Crippen molar-refractivity contribution in [1.82, 2.24) is 0 Å². The van der Waals surface area contributed by atoms with Crippen LogP contribution in [0, 0.1) is 0 Å². The highest BCUT2D eigenvalue weighted by atomic mass is 16.2. The van der Waals surface area contributed by atoms with Gasteiger partial charge < -0.3 is 10.2 Å². The van der Waals surface area contributed by atoms with E-state index >= 15 is 0 Å². The molecule has 24 heavy (non-hydrogen) atoms. The predicted octanol–water partition coefficient (Wildman–Crippen LogP) is 4.02. The van der Waals surface area contributed by atoms with Gasteiger partial charge in [-0.25, -0.2) is 0 Å². The summed E-state index contributed by atoms with van der Waals surface area (Å²) in [6.45, 7) is 2.86. The fourth-order valence-electron chi connectivity index (χ4n) is 2.90. The number of amides is 2. The molecule has 124 valence electrons. The third kappa shape index (κ3) is 3.65. The SMILES string of the molecule is CCc1ccc(NC(=O)c2ccc(N3CCCCC3=O)cc2)cc1. The number of piperidine rings is 1. The van der Waals surface area contributed by atoms with E-state index in [0.717, 1.165) is 37.2 Å². The zero-order valence-corrected chi connectivity index (χ0v) is 13.9. The molecule has 0 aromatic heterocycles. The quantitative estimate of drug-likeness (QED) is 0.924. The number of carbonyl (C=O) groups is 2. The molecular weight excluding hydrogens is 300 g/mol. The van der Waals surface area contributed by atoms with E-state index in [1.54, 1.807) is 17.0 Å². The Kier molecular flexibility index (Phi) is 4.94. The lowest BCUT2D eigenvalue weighted by atomic mass is 10.1. The summed E-state index contributed by atoms with van der Waals surface area (Å²) in [4.78, 5) is 26.1. The molecule has 2 aromatic rings. The molecule has 0 spiro atoms. The molecule has 2 aromatic carbocycles. The fraction of sp³-hybridized carbons (Fsp3) is 0.300. The largest absolute Gasteiger partial charge is 0.322 e. The van der Waals surface area contributed by atoms with Gasteiger partial charge in [0.1, 0.15) is 0 Å². The van der Waals surface area contributed by atoms with Crippen LogP contribution in [0.25, 0.3) is 0 Å². The number of benzene rings is 2. The summed E-state index contributed by atoms with van der Waals surface area (Å²) in [5, 5.41) is 2.90. The van der Waals surface area contributed by atoms with Gasteiger partial charge in [0.05, 0.1) is 0 Å². The van der Waals surface area contributed by atoms with Crippen molar-refractivity contribution in [2.45, 2.75) is 32.6 Å². The molecule has 0 unspecified atom stereocenters. The second-order valence-electron chi connectivity index (χ2n) is 6.05. The maximum Gasteiger partial charge on any atom is 0.255 e. The second kappa shape index (κ2) is 7.30. The van der Waals surface area contributed by atoms with Crippen LogP contribution in [-0.2, 0) is 11.2 Å². The molecule has 3 rings (SSSR count). The molecule has 1 saturated heterocycles. The van der Waals surface area contributed by atoms with E-state index in [-0.39, 0.29) is 11.8 Å². The van der Waals surface area contributed by atoms with Crippen molar-refractivity contribution in [3.8, 4) is 0 Å². The molecule has 1 aliphatic rings. The van der Waals surface area contributed by atoms with Gasteiger partial charge in [-0.3, -0.25) is 9.59 Å². The molecule has 4 nitrogen and oxygen atoms in total. The predicted molar refractivity (Wildman–Crippen MR) is 96.4 cm³/mol. The van der Waals surface area contributed by atoms with Crippen LogP contribution >= 0.6 is 0 Å². The molecule has 1 heterocycles. The monoisotopic (exact) mass is 322 g/mol. The number of nitrogens with zero attached hydrogens (tertiary/aromatic N) is 1. The van der Waals surface area contributed by atoms with Crippen LogP contribution in [0.15, 0.2) is 48.5 Å². The Hall–Kier alpha value is -2.62. The van der Waals surface area contributed by atoms with Gasteiger partial charge in [-0.05, 0) is 61.2 Å². The minimum absolute atomic E-state index is 0.143. The van der Waals surface area contributed by atoms with Crippen molar-refractivity contribution in [3.05, 3.63) is 59.7 Å². The van der Waals surface area contributed by atoms with Crippen molar-refractivity contribution in [1.29, 1.82) is 0 Å². The number of rotatable bonds is 4. The number of carbonyl (C=O) groups excluding carboxylic acids is 2. The molecule has 0 aliphatic carbocycles. The highest BCUT2D eigenvalue weighted by Gasteiger charge is 2.19. The van der Waals surface area contributed by atoms with Crippen molar-refractivity contribution < 1.29 is 9.59 Å². The first-order valence-electron chi connectivity index (χ1n) is 8.48. The van der Waals surface area contributed by atoms with Crippen LogP contribution in [0.5, 0.6) is 0 Å². The summed E-state index contributed by atoms with van der Waals surface area (Å²) in [7, 11) is 0. The fourth-order valence-corrected chi connectivity index (χ4v) is 2.90. The molecule has 4 heteroatoms. The standard InChI is InChI=1S/C20H22N2O2/c1-2-15-6-10-17(11-7-15)21-20(24)16-8-12-18(13-9-16)22-14-4-3-5-19(22)23/h6-13H,2-5,14H2,1H3,(H,21,24). The van der Waals surface area contributed by atoms with E-state index in [9.17, 15) is 9.59 Å². The third-order valence-corrected chi connectivity index (χ3v) is 4.38. The van der Waals surface area contributed by atoms with Crippen LogP contribution in [0.4, 0.5) is 11.4 Å². The Morgan fingerprint density at radius 2 is 1.75 bits per heavy atom. The van der Waals surface area contributed by atoms with Gasteiger partial charge in [0.2, 0.25) is 5.91 Å². The van der Waals surface area contributed by atoms with E-state index in [4.69, 9.17) is 0 Å². The van der Waals surface area contributed by atoms with E-state index in [0.29, 0.717) is 12.0 Å².